The van der Waals surface area contributed by atoms with Crippen molar-refractivity contribution < 1.29 is 14.3 Å². The number of rotatable bonds is 5. The molecular weight excluding hydrogens is 264 g/mol. The highest BCUT2D eigenvalue weighted by atomic mass is 16.5. The standard InChI is InChI=1S/C11H14N6O3/c1-20-11(19)9-3-7(15-17-9)5-13-10(18)8-2-6(4-12)14-16-8/h2-3H,4-5,12H2,1H3,(H,13,18)(H,14,16)(H,15,17). The number of esters is 1. The summed E-state index contributed by atoms with van der Waals surface area (Å²) in [4.78, 5) is 23.0. The van der Waals surface area contributed by atoms with Crippen LogP contribution in [-0.4, -0.2) is 39.4 Å². The van der Waals surface area contributed by atoms with E-state index in [0.29, 0.717) is 11.4 Å². The number of nitrogens with one attached hydrogen (secondary N) is 3. The van der Waals surface area contributed by atoms with Gasteiger partial charge in [0.2, 0.25) is 0 Å². The van der Waals surface area contributed by atoms with Crippen LogP contribution in [0.4, 0.5) is 0 Å². The Morgan fingerprint density at radius 2 is 1.90 bits per heavy atom. The third-order valence-electron chi connectivity index (χ3n) is 2.55. The molecule has 0 saturated carbocycles. The minimum atomic E-state index is -0.543. The molecule has 9 nitrogen and oxygen atoms in total. The van der Waals surface area contributed by atoms with Gasteiger partial charge in [-0.15, -0.1) is 0 Å². The van der Waals surface area contributed by atoms with Crippen molar-refractivity contribution >= 4 is 11.9 Å². The number of hydrogen-bond acceptors (Lipinski definition) is 6. The van der Waals surface area contributed by atoms with Gasteiger partial charge < -0.3 is 15.8 Å². The lowest BCUT2D eigenvalue weighted by Gasteiger charge is -1.99. The molecular formula is C11H14N6O3. The number of carbonyl (C=O) groups is 2. The van der Waals surface area contributed by atoms with Crippen LogP contribution in [0.1, 0.15) is 32.4 Å². The summed E-state index contributed by atoms with van der Waals surface area (Å²) in [6.07, 6.45) is 0. The molecule has 9 heteroatoms. The van der Waals surface area contributed by atoms with Gasteiger partial charge in [-0.05, 0) is 12.1 Å². The SMILES string of the molecule is COC(=O)c1cc(CNC(=O)c2cc(CN)[nH]n2)[nH]n1. The van der Waals surface area contributed by atoms with E-state index in [-0.39, 0.29) is 30.4 Å². The summed E-state index contributed by atoms with van der Waals surface area (Å²) in [5.41, 5.74) is 7.06. The number of hydrogen-bond donors (Lipinski definition) is 4. The van der Waals surface area contributed by atoms with E-state index >= 15 is 0 Å². The Balaban J connectivity index is 1.93. The van der Waals surface area contributed by atoms with E-state index in [2.05, 4.69) is 30.4 Å². The van der Waals surface area contributed by atoms with E-state index in [9.17, 15) is 9.59 Å². The topological polar surface area (TPSA) is 139 Å². The molecule has 106 valence electrons. The van der Waals surface area contributed by atoms with Crippen LogP contribution < -0.4 is 11.1 Å². The fraction of sp³-hybridized carbons (Fsp3) is 0.273. The van der Waals surface area contributed by atoms with Gasteiger partial charge in [0, 0.05) is 12.2 Å². The average molecular weight is 278 g/mol. The highest BCUT2D eigenvalue weighted by Crippen LogP contribution is 2.02. The van der Waals surface area contributed by atoms with Crippen LogP contribution in [0, 0.1) is 0 Å². The lowest BCUT2D eigenvalue weighted by molar-refractivity contribution is 0.0594. The fourth-order valence-corrected chi connectivity index (χ4v) is 1.51. The van der Waals surface area contributed by atoms with E-state index in [1.54, 1.807) is 6.07 Å². The first-order valence-electron chi connectivity index (χ1n) is 5.79. The van der Waals surface area contributed by atoms with Crippen molar-refractivity contribution in [3.8, 4) is 0 Å². The third-order valence-corrected chi connectivity index (χ3v) is 2.55. The van der Waals surface area contributed by atoms with Crippen molar-refractivity contribution in [2.75, 3.05) is 7.11 Å². The minimum Gasteiger partial charge on any atom is -0.464 e. The zero-order valence-corrected chi connectivity index (χ0v) is 10.8. The quantitative estimate of drug-likeness (QED) is 0.534. The van der Waals surface area contributed by atoms with Gasteiger partial charge in [-0.25, -0.2) is 4.79 Å². The van der Waals surface area contributed by atoms with Gasteiger partial charge in [0.15, 0.2) is 5.69 Å². The van der Waals surface area contributed by atoms with Gasteiger partial charge in [0.25, 0.3) is 5.91 Å². The molecule has 0 aliphatic carbocycles. The molecule has 0 saturated heterocycles. The Kier molecular flexibility index (Phi) is 4.11. The fourth-order valence-electron chi connectivity index (χ4n) is 1.51. The first-order chi connectivity index (χ1) is 9.63. The van der Waals surface area contributed by atoms with Gasteiger partial charge >= 0.3 is 5.97 Å². The second-order valence-electron chi connectivity index (χ2n) is 3.94. The Labute approximate surface area is 113 Å². The molecule has 0 spiro atoms. The molecule has 2 heterocycles. The molecule has 0 bridgehead atoms. The molecule has 2 aromatic rings. The maximum absolute atomic E-state index is 11.8. The summed E-state index contributed by atoms with van der Waals surface area (Å²) in [5.74, 6) is -0.895. The van der Waals surface area contributed by atoms with E-state index in [4.69, 9.17) is 5.73 Å². The highest BCUT2D eigenvalue weighted by Gasteiger charge is 2.12. The van der Waals surface area contributed by atoms with Crippen LogP contribution in [-0.2, 0) is 17.8 Å². The molecule has 20 heavy (non-hydrogen) atoms. The molecule has 2 rings (SSSR count). The van der Waals surface area contributed by atoms with Crippen LogP contribution in [0.25, 0.3) is 0 Å². The monoisotopic (exact) mass is 278 g/mol. The number of aromatic nitrogens is 4. The number of nitrogens with two attached hydrogens (primary N) is 1. The summed E-state index contributed by atoms with van der Waals surface area (Å²) in [5, 5.41) is 15.5. The Bertz CT molecular complexity index is 617. The molecule has 0 unspecified atom stereocenters. The van der Waals surface area contributed by atoms with Crippen molar-refractivity contribution in [2.45, 2.75) is 13.1 Å². The van der Waals surface area contributed by atoms with Crippen molar-refractivity contribution in [2.24, 2.45) is 5.73 Å². The zero-order chi connectivity index (χ0) is 14.5. The number of aromatic amines is 2. The largest absolute Gasteiger partial charge is 0.464 e. The Morgan fingerprint density at radius 3 is 2.55 bits per heavy atom. The number of methoxy groups -OCH3 is 1. The first kappa shape index (κ1) is 13.7. The molecule has 1 amide bonds. The molecule has 0 aliphatic heterocycles. The zero-order valence-electron chi connectivity index (χ0n) is 10.8. The maximum atomic E-state index is 11.8. The van der Waals surface area contributed by atoms with Crippen molar-refractivity contribution in [1.82, 2.24) is 25.7 Å². The summed E-state index contributed by atoms with van der Waals surface area (Å²) in [7, 11) is 1.27. The van der Waals surface area contributed by atoms with Crippen molar-refractivity contribution in [1.29, 1.82) is 0 Å². The minimum absolute atomic E-state index is 0.155. The first-order valence-corrected chi connectivity index (χ1v) is 5.79. The number of nitrogens with zero attached hydrogens (tertiary/aromatic N) is 2. The van der Waals surface area contributed by atoms with E-state index in [1.807, 2.05) is 0 Å². The summed E-state index contributed by atoms with van der Waals surface area (Å²) in [6, 6.07) is 3.07. The average Bonchev–Trinajstić information content (AvgIpc) is 3.12. The van der Waals surface area contributed by atoms with Crippen LogP contribution in [0.3, 0.4) is 0 Å². The normalized spacial score (nSPS) is 10.3. The van der Waals surface area contributed by atoms with Crippen LogP contribution in [0.5, 0.6) is 0 Å². The maximum Gasteiger partial charge on any atom is 0.358 e. The molecule has 0 atom stereocenters. The lowest BCUT2D eigenvalue weighted by Crippen LogP contribution is -2.23. The lowest BCUT2D eigenvalue weighted by atomic mass is 10.3. The number of H-pyrrole nitrogens is 2. The van der Waals surface area contributed by atoms with Crippen LogP contribution in [0.15, 0.2) is 12.1 Å². The van der Waals surface area contributed by atoms with E-state index < -0.39 is 5.97 Å². The summed E-state index contributed by atoms with van der Waals surface area (Å²) >= 11 is 0. The Hall–Kier alpha value is -2.68. The second-order valence-corrected chi connectivity index (χ2v) is 3.94. The second kappa shape index (κ2) is 5.97. The predicted molar refractivity (Wildman–Crippen MR) is 67.6 cm³/mol. The third kappa shape index (κ3) is 3.01. The number of ether oxygens (including phenoxy) is 1. The van der Waals surface area contributed by atoms with Gasteiger partial charge in [-0.1, -0.05) is 0 Å². The molecule has 0 aromatic carbocycles. The molecule has 0 aliphatic rings. The van der Waals surface area contributed by atoms with E-state index in [1.165, 1.54) is 13.2 Å². The van der Waals surface area contributed by atoms with Crippen molar-refractivity contribution in [3.63, 3.8) is 0 Å². The highest BCUT2D eigenvalue weighted by molar-refractivity contribution is 5.92. The van der Waals surface area contributed by atoms with Gasteiger partial charge in [-0.2, -0.15) is 10.2 Å². The molecule has 0 radical (unpaired) electrons. The van der Waals surface area contributed by atoms with Gasteiger partial charge in [0.1, 0.15) is 5.69 Å². The summed E-state index contributed by atoms with van der Waals surface area (Å²) in [6.45, 7) is 0.469. The van der Waals surface area contributed by atoms with Crippen LogP contribution >= 0.6 is 0 Å². The number of amides is 1. The number of carbonyl (C=O) groups excluding carboxylic acids is 2. The molecule has 5 N–H and O–H groups in total. The molecule has 2 aromatic heterocycles. The van der Waals surface area contributed by atoms with Crippen LogP contribution in [0.2, 0.25) is 0 Å². The van der Waals surface area contributed by atoms with Gasteiger partial charge in [-0.3, -0.25) is 15.0 Å². The van der Waals surface area contributed by atoms with Crippen molar-refractivity contribution in [3.05, 3.63) is 34.9 Å². The van der Waals surface area contributed by atoms with E-state index in [0.717, 1.165) is 0 Å². The molecule has 0 fully saturated rings. The smallest absolute Gasteiger partial charge is 0.358 e. The predicted octanol–water partition coefficient (Wildman–Crippen LogP) is -0.692. The summed E-state index contributed by atoms with van der Waals surface area (Å²) < 4.78 is 4.52. The van der Waals surface area contributed by atoms with Gasteiger partial charge in [0.05, 0.1) is 19.3 Å². The Morgan fingerprint density at radius 1 is 1.25 bits per heavy atom.